The first-order chi connectivity index (χ1) is 32.2. The molecule has 0 aliphatic rings. The van der Waals surface area contributed by atoms with Gasteiger partial charge in [0.05, 0.1) is 28.0 Å². The minimum Gasteiger partial charge on any atom is -0.507 e. The number of phenols is 1. The van der Waals surface area contributed by atoms with Gasteiger partial charge in [-0.05, 0) is 157 Å². The number of aromatic hydroxyl groups is 1. The number of hydrogen-bond donors (Lipinski definition) is 1. The highest BCUT2D eigenvalue weighted by Crippen LogP contribution is 2.44. The van der Waals surface area contributed by atoms with Gasteiger partial charge in [-0.1, -0.05) is 170 Å². The maximum absolute atomic E-state index is 12.3. The third-order valence-corrected chi connectivity index (χ3v) is 13.5. The summed E-state index contributed by atoms with van der Waals surface area (Å²) in [6.45, 7) is 31.9. The number of pyridine rings is 1. The molecule has 4 heteroatoms. The zero-order valence-electron chi connectivity index (χ0n) is 44.6. The van der Waals surface area contributed by atoms with Crippen molar-refractivity contribution in [2.45, 2.75) is 138 Å². The van der Waals surface area contributed by atoms with Crippen LogP contribution in [0.1, 0.15) is 162 Å². The first-order valence-corrected chi connectivity index (χ1v) is 24.1. The van der Waals surface area contributed by atoms with E-state index in [1.807, 2.05) is 40.0 Å². The summed E-state index contributed by atoms with van der Waals surface area (Å²) < 4.78 is 20.1. The second kappa shape index (κ2) is 18.1. The quantitative estimate of drug-likeness (QED) is 0.149. The molecule has 0 saturated heterocycles. The number of phenolic OH excluding ortho intramolecular Hbond substituents is 1. The van der Waals surface area contributed by atoms with Gasteiger partial charge in [-0.2, -0.15) is 0 Å². The summed E-state index contributed by atoms with van der Waals surface area (Å²) in [6.07, 6.45) is 1.92. The Balaban J connectivity index is 1.36. The molecular weight excluding hydrogens is 815 g/mol. The van der Waals surface area contributed by atoms with E-state index >= 15 is 0 Å². The minimum atomic E-state index is -0.832. The van der Waals surface area contributed by atoms with Gasteiger partial charge in [0.25, 0.3) is 0 Å². The standard InChI is InChI=1S/C63H71N3O/c1-37(2)45-28-46(38(3)4)30-48(29-45)43-21-24-57(41(9)27-43)66-58-18-16-17-53(59(58)65-61(66)55-35-47(39(5)6)34-54(40(7)8)60(55)67)49-31-50(33-52(32-49)63(13,14)15)56-36-44(25-26-64-56)42-19-22-51(23-20-42)62(10,11)12/h16-40,67H,1-15H3/i37D,38D. The normalized spacial score (nSPS) is 13.1. The van der Waals surface area contributed by atoms with Gasteiger partial charge >= 0.3 is 0 Å². The van der Waals surface area contributed by atoms with Gasteiger partial charge in [0.2, 0.25) is 0 Å². The number of benzene rings is 6. The molecule has 0 atom stereocenters. The largest absolute Gasteiger partial charge is 0.507 e. The molecule has 4 nitrogen and oxygen atoms in total. The van der Waals surface area contributed by atoms with Crippen molar-refractivity contribution < 1.29 is 7.85 Å². The fraction of sp³-hybridized carbons (Fsp3) is 0.333. The molecule has 8 aromatic rings. The van der Waals surface area contributed by atoms with Crippen LogP contribution >= 0.6 is 0 Å². The van der Waals surface area contributed by atoms with Crippen LogP contribution in [0, 0.1) is 6.92 Å². The van der Waals surface area contributed by atoms with Crippen molar-refractivity contribution in [2.75, 3.05) is 0 Å². The molecular formula is C63H71N3O. The summed E-state index contributed by atoms with van der Waals surface area (Å²) in [5.41, 5.74) is 18.9. The molecule has 6 aromatic carbocycles. The predicted octanol–water partition coefficient (Wildman–Crippen LogP) is 17.9. The molecule has 0 unspecified atom stereocenters. The van der Waals surface area contributed by atoms with E-state index in [9.17, 15) is 5.11 Å². The number of nitrogens with zero attached hydrogens (tertiary/aromatic N) is 3. The Morgan fingerprint density at radius 2 is 1.16 bits per heavy atom. The Labute approximate surface area is 404 Å². The fourth-order valence-corrected chi connectivity index (χ4v) is 9.13. The van der Waals surface area contributed by atoms with Crippen LogP contribution in [0.3, 0.4) is 0 Å². The second-order valence-corrected chi connectivity index (χ2v) is 21.9. The molecule has 0 fully saturated rings. The summed E-state index contributed by atoms with van der Waals surface area (Å²) >= 11 is 0. The molecule has 2 aromatic heterocycles. The first-order valence-electron chi connectivity index (χ1n) is 25.1. The van der Waals surface area contributed by atoms with E-state index in [4.69, 9.17) is 12.7 Å². The van der Waals surface area contributed by atoms with Crippen LogP contribution in [0.15, 0.2) is 128 Å². The number of imidazole rings is 1. The predicted molar refractivity (Wildman–Crippen MR) is 286 cm³/mol. The molecule has 1 N–H and O–H groups in total. The Morgan fingerprint density at radius 3 is 1.76 bits per heavy atom. The average molecular weight is 888 g/mol. The summed E-state index contributed by atoms with van der Waals surface area (Å²) in [5.74, 6) is -0.423. The van der Waals surface area contributed by atoms with Crippen LogP contribution in [-0.2, 0) is 10.8 Å². The lowest BCUT2D eigenvalue weighted by atomic mass is 9.83. The van der Waals surface area contributed by atoms with Crippen LogP contribution in [0.25, 0.3) is 72.7 Å². The van der Waals surface area contributed by atoms with Crippen molar-refractivity contribution in [1.29, 1.82) is 0 Å². The Hall–Kier alpha value is -6.26. The van der Waals surface area contributed by atoms with Gasteiger partial charge in [0, 0.05) is 20.1 Å². The Bertz CT molecular complexity index is 3180. The molecule has 0 saturated carbocycles. The van der Waals surface area contributed by atoms with Crippen molar-refractivity contribution in [1.82, 2.24) is 14.5 Å². The summed E-state index contributed by atoms with van der Waals surface area (Å²) in [4.78, 5) is 10.6. The van der Waals surface area contributed by atoms with E-state index in [0.717, 1.165) is 89.2 Å². The molecule has 0 aliphatic carbocycles. The zero-order valence-corrected chi connectivity index (χ0v) is 42.6. The number of fused-ring (bicyclic) bond motifs is 1. The van der Waals surface area contributed by atoms with Crippen molar-refractivity contribution in [3.8, 4) is 67.5 Å². The maximum atomic E-state index is 12.3. The van der Waals surface area contributed by atoms with Crippen LogP contribution in [0.5, 0.6) is 5.75 Å². The molecule has 8 rings (SSSR count). The molecule has 0 aliphatic heterocycles. The lowest BCUT2D eigenvalue weighted by Gasteiger charge is -2.22. The summed E-state index contributed by atoms with van der Waals surface area (Å²) in [7, 11) is 0. The van der Waals surface area contributed by atoms with E-state index in [1.165, 1.54) is 11.1 Å². The lowest BCUT2D eigenvalue weighted by molar-refractivity contribution is 0.466. The second-order valence-electron chi connectivity index (χ2n) is 21.9. The third-order valence-electron chi connectivity index (χ3n) is 13.5. The van der Waals surface area contributed by atoms with E-state index < -0.39 is 11.8 Å². The van der Waals surface area contributed by atoms with Gasteiger partial charge in [-0.25, -0.2) is 4.98 Å². The average Bonchev–Trinajstić information content (AvgIpc) is 3.66. The molecule has 0 spiro atoms. The zero-order chi connectivity index (χ0) is 50.1. The van der Waals surface area contributed by atoms with Crippen molar-refractivity contribution in [2.24, 2.45) is 0 Å². The van der Waals surface area contributed by atoms with Gasteiger partial charge in [-0.15, -0.1) is 0 Å². The highest BCUT2D eigenvalue weighted by atomic mass is 16.3. The van der Waals surface area contributed by atoms with Crippen LogP contribution in [0.4, 0.5) is 0 Å². The number of rotatable bonds is 10. The minimum absolute atomic E-state index is 0.0730. The van der Waals surface area contributed by atoms with Gasteiger partial charge in [0.1, 0.15) is 11.6 Å². The number of hydrogen-bond acceptors (Lipinski definition) is 3. The SMILES string of the molecule is [2H]C(C)(C)c1cc(-c2ccc(-n3c(-c4cc(C(C)C)cc(C(C)C)c4O)nc4c(-c5cc(-c6cc(-c7ccc(C(C)(C)C)cc7)ccn6)cc(C(C)(C)C)c5)cccc43)c(C)c2)cc(C([2H])(C)C)c1. The molecule has 0 amide bonds. The topological polar surface area (TPSA) is 50.9 Å². The Kier molecular flexibility index (Phi) is 12.0. The van der Waals surface area contributed by atoms with Gasteiger partial charge in [-0.3, -0.25) is 9.55 Å². The maximum Gasteiger partial charge on any atom is 0.149 e. The third kappa shape index (κ3) is 9.51. The molecule has 67 heavy (non-hydrogen) atoms. The highest BCUT2D eigenvalue weighted by Gasteiger charge is 2.26. The summed E-state index contributed by atoms with van der Waals surface area (Å²) in [6, 6.07) is 43.4. The van der Waals surface area contributed by atoms with Crippen LogP contribution < -0.4 is 0 Å². The monoisotopic (exact) mass is 888 g/mol. The van der Waals surface area contributed by atoms with Gasteiger partial charge in [0.15, 0.2) is 0 Å². The fourth-order valence-electron chi connectivity index (χ4n) is 9.13. The van der Waals surface area contributed by atoms with Gasteiger partial charge < -0.3 is 5.11 Å². The van der Waals surface area contributed by atoms with E-state index in [1.54, 1.807) is 0 Å². The lowest BCUT2D eigenvalue weighted by Crippen LogP contribution is -2.11. The number of para-hydroxylation sites is 1. The molecule has 2 heterocycles. The van der Waals surface area contributed by atoms with E-state index in [0.29, 0.717) is 11.4 Å². The van der Waals surface area contributed by atoms with Crippen LogP contribution in [0.2, 0.25) is 0 Å². The first kappa shape index (κ1) is 44.6. The van der Waals surface area contributed by atoms with Crippen molar-refractivity contribution in [3.05, 3.63) is 166 Å². The van der Waals surface area contributed by atoms with E-state index in [2.05, 4.69) is 196 Å². The summed E-state index contributed by atoms with van der Waals surface area (Å²) in [5, 5.41) is 12.3. The van der Waals surface area contributed by atoms with Crippen molar-refractivity contribution >= 4 is 11.0 Å². The Morgan fingerprint density at radius 1 is 0.537 bits per heavy atom. The number of aryl methyl sites for hydroxylation is 1. The molecule has 0 radical (unpaired) electrons. The molecule has 344 valence electrons. The van der Waals surface area contributed by atoms with Crippen LogP contribution in [-0.4, -0.2) is 19.6 Å². The number of aromatic nitrogens is 3. The highest BCUT2D eigenvalue weighted by molar-refractivity contribution is 5.97. The van der Waals surface area contributed by atoms with Crippen molar-refractivity contribution in [3.63, 3.8) is 0 Å². The van der Waals surface area contributed by atoms with E-state index in [-0.39, 0.29) is 28.4 Å². The molecule has 0 bridgehead atoms. The smallest absolute Gasteiger partial charge is 0.149 e.